The van der Waals surface area contributed by atoms with E-state index in [2.05, 4.69) is 11.9 Å². The molecule has 2 aliphatic rings. The maximum absolute atomic E-state index is 10.6. The van der Waals surface area contributed by atoms with E-state index in [9.17, 15) is 10.2 Å². The summed E-state index contributed by atoms with van der Waals surface area (Å²) in [6.07, 6.45) is 4.74. The second-order valence-electron chi connectivity index (χ2n) is 5.13. The maximum Gasteiger partial charge on any atom is 0.0738 e. The van der Waals surface area contributed by atoms with Gasteiger partial charge in [-0.3, -0.25) is 0 Å². The van der Waals surface area contributed by atoms with Crippen molar-refractivity contribution >= 4 is 0 Å². The van der Waals surface area contributed by atoms with E-state index in [0.29, 0.717) is 0 Å². The summed E-state index contributed by atoms with van der Waals surface area (Å²) in [7, 11) is 2.10. The molecule has 0 aromatic carbocycles. The fourth-order valence-electron chi connectivity index (χ4n) is 2.71. The van der Waals surface area contributed by atoms with Gasteiger partial charge < -0.3 is 15.1 Å². The smallest absolute Gasteiger partial charge is 0.0738 e. The van der Waals surface area contributed by atoms with Crippen molar-refractivity contribution in [1.82, 2.24) is 4.90 Å². The molecule has 2 N–H and O–H groups in total. The molecule has 1 saturated heterocycles. The van der Waals surface area contributed by atoms with Gasteiger partial charge in [0.05, 0.1) is 12.2 Å². The zero-order valence-corrected chi connectivity index (χ0v) is 9.00. The van der Waals surface area contributed by atoms with Crippen molar-refractivity contribution in [3.8, 4) is 0 Å². The first-order chi connectivity index (χ1) is 6.62. The highest BCUT2D eigenvalue weighted by molar-refractivity contribution is 5.08. The Hall–Kier alpha value is -0.120. The fraction of sp³-hybridized carbons (Fsp3) is 1.00. The Bertz CT molecular complexity index is 215. The third kappa shape index (κ3) is 1.58. The molecule has 2 fully saturated rings. The standard InChI is InChI=1S/C11H21NO2/c1-12-7-2-3-11(14,6-8-12)10(9-13)4-5-10/h13-14H,2-9H2,1H3. The monoisotopic (exact) mass is 199 g/mol. The fourth-order valence-corrected chi connectivity index (χ4v) is 2.71. The third-order valence-corrected chi connectivity index (χ3v) is 4.18. The zero-order chi connectivity index (χ0) is 10.2. The molecule has 2 rings (SSSR count). The van der Waals surface area contributed by atoms with Crippen molar-refractivity contribution in [3.63, 3.8) is 0 Å². The number of nitrogens with zero attached hydrogens (tertiary/aromatic N) is 1. The molecule has 1 atom stereocenters. The van der Waals surface area contributed by atoms with E-state index < -0.39 is 5.60 Å². The maximum atomic E-state index is 10.6. The van der Waals surface area contributed by atoms with Crippen molar-refractivity contribution in [3.05, 3.63) is 0 Å². The van der Waals surface area contributed by atoms with Crippen LogP contribution in [0.4, 0.5) is 0 Å². The lowest BCUT2D eigenvalue weighted by atomic mass is 9.79. The van der Waals surface area contributed by atoms with E-state index in [1.165, 1.54) is 0 Å². The van der Waals surface area contributed by atoms with Crippen LogP contribution in [0.25, 0.3) is 0 Å². The van der Waals surface area contributed by atoms with Crippen molar-refractivity contribution in [2.45, 2.75) is 37.7 Å². The van der Waals surface area contributed by atoms with E-state index >= 15 is 0 Å². The second kappa shape index (κ2) is 3.47. The summed E-state index contributed by atoms with van der Waals surface area (Å²) in [5, 5.41) is 19.9. The number of hydrogen-bond donors (Lipinski definition) is 2. The zero-order valence-electron chi connectivity index (χ0n) is 9.00. The normalized spacial score (nSPS) is 37.9. The van der Waals surface area contributed by atoms with Crippen LogP contribution in [0.2, 0.25) is 0 Å². The number of likely N-dealkylation sites (tertiary alicyclic amines) is 1. The van der Waals surface area contributed by atoms with E-state index in [0.717, 1.165) is 45.2 Å². The summed E-state index contributed by atoms with van der Waals surface area (Å²) < 4.78 is 0. The van der Waals surface area contributed by atoms with Gasteiger partial charge in [0, 0.05) is 12.0 Å². The van der Waals surface area contributed by atoms with Gasteiger partial charge in [-0.15, -0.1) is 0 Å². The summed E-state index contributed by atoms with van der Waals surface area (Å²) in [4.78, 5) is 2.27. The van der Waals surface area contributed by atoms with Gasteiger partial charge in [0.2, 0.25) is 0 Å². The largest absolute Gasteiger partial charge is 0.396 e. The van der Waals surface area contributed by atoms with Crippen LogP contribution in [0.1, 0.15) is 32.1 Å². The molecule has 1 saturated carbocycles. The molecular formula is C11H21NO2. The molecule has 82 valence electrons. The first kappa shape index (κ1) is 10.4. The van der Waals surface area contributed by atoms with Crippen molar-refractivity contribution in [2.24, 2.45) is 5.41 Å². The van der Waals surface area contributed by atoms with Gasteiger partial charge in [-0.05, 0) is 45.7 Å². The Labute approximate surface area is 85.7 Å². The quantitative estimate of drug-likeness (QED) is 0.684. The summed E-state index contributed by atoms with van der Waals surface area (Å²) in [5.41, 5.74) is -0.731. The topological polar surface area (TPSA) is 43.7 Å². The predicted molar refractivity (Wildman–Crippen MR) is 55.1 cm³/mol. The molecule has 0 bridgehead atoms. The Morgan fingerprint density at radius 1 is 1.14 bits per heavy atom. The van der Waals surface area contributed by atoms with Crippen molar-refractivity contribution < 1.29 is 10.2 Å². The van der Waals surface area contributed by atoms with Crippen LogP contribution in [-0.2, 0) is 0 Å². The lowest BCUT2D eigenvalue weighted by molar-refractivity contribution is -0.0653. The molecule has 0 amide bonds. The van der Waals surface area contributed by atoms with Gasteiger partial charge in [-0.2, -0.15) is 0 Å². The highest BCUT2D eigenvalue weighted by atomic mass is 16.3. The number of aliphatic hydroxyl groups is 2. The van der Waals surface area contributed by atoms with E-state index in [1.54, 1.807) is 0 Å². The van der Waals surface area contributed by atoms with Crippen LogP contribution in [0, 0.1) is 5.41 Å². The molecule has 0 aromatic rings. The highest BCUT2D eigenvalue weighted by Gasteiger charge is 2.57. The lowest BCUT2D eigenvalue weighted by Gasteiger charge is -2.35. The third-order valence-electron chi connectivity index (χ3n) is 4.18. The number of rotatable bonds is 2. The Morgan fingerprint density at radius 3 is 2.43 bits per heavy atom. The minimum Gasteiger partial charge on any atom is -0.396 e. The van der Waals surface area contributed by atoms with Crippen LogP contribution >= 0.6 is 0 Å². The average Bonchev–Trinajstić information content (AvgIpc) is 2.94. The van der Waals surface area contributed by atoms with Gasteiger partial charge in [-0.1, -0.05) is 0 Å². The van der Waals surface area contributed by atoms with Gasteiger partial charge in [0.1, 0.15) is 0 Å². The van der Waals surface area contributed by atoms with Crippen LogP contribution in [-0.4, -0.2) is 47.5 Å². The molecule has 0 radical (unpaired) electrons. The highest BCUT2D eigenvalue weighted by Crippen LogP contribution is 2.57. The van der Waals surface area contributed by atoms with Crippen LogP contribution in [0.5, 0.6) is 0 Å². The van der Waals surface area contributed by atoms with Gasteiger partial charge in [0.25, 0.3) is 0 Å². The summed E-state index contributed by atoms with van der Waals surface area (Å²) in [6.45, 7) is 2.19. The van der Waals surface area contributed by atoms with Crippen molar-refractivity contribution in [2.75, 3.05) is 26.7 Å². The minimum atomic E-state index is -0.591. The number of aliphatic hydroxyl groups excluding tert-OH is 1. The summed E-state index contributed by atoms with van der Waals surface area (Å²) in [6, 6.07) is 0. The lowest BCUT2D eigenvalue weighted by Crippen LogP contribution is -2.42. The van der Waals surface area contributed by atoms with Gasteiger partial charge in [0.15, 0.2) is 0 Å². The average molecular weight is 199 g/mol. The van der Waals surface area contributed by atoms with Gasteiger partial charge >= 0.3 is 0 Å². The van der Waals surface area contributed by atoms with E-state index in [4.69, 9.17) is 0 Å². The molecule has 0 spiro atoms. The molecule has 1 aliphatic carbocycles. The molecule has 3 heteroatoms. The van der Waals surface area contributed by atoms with Crippen LogP contribution in [0.3, 0.4) is 0 Å². The molecule has 1 unspecified atom stereocenters. The molecule has 14 heavy (non-hydrogen) atoms. The first-order valence-electron chi connectivity index (χ1n) is 5.64. The Morgan fingerprint density at radius 2 is 1.86 bits per heavy atom. The minimum absolute atomic E-state index is 0.141. The Balaban J connectivity index is 2.07. The summed E-state index contributed by atoms with van der Waals surface area (Å²) >= 11 is 0. The second-order valence-corrected chi connectivity index (χ2v) is 5.13. The van der Waals surface area contributed by atoms with E-state index in [1.807, 2.05) is 0 Å². The molecular weight excluding hydrogens is 178 g/mol. The van der Waals surface area contributed by atoms with Crippen molar-refractivity contribution in [1.29, 1.82) is 0 Å². The first-order valence-corrected chi connectivity index (χ1v) is 5.64. The SMILES string of the molecule is CN1CCCC(O)(C2(CO)CC2)CC1. The van der Waals surface area contributed by atoms with Crippen LogP contribution < -0.4 is 0 Å². The van der Waals surface area contributed by atoms with E-state index in [-0.39, 0.29) is 12.0 Å². The summed E-state index contributed by atoms with van der Waals surface area (Å²) in [5.74, 6) is 0. The predicted octanol–water partition coefficient (Wildman–Crippen LogP) is 0.606. The van der Waals surface area contributed by atoms with Gasteiger partial charge in [-0.25, -0.2) is 0 Å². The Kier molecular flexibility index (Phi) is 2.58. The molecule has 0 aromatic heterocycles. The molecule has 1 heterocycles. The molecule has 1 aliphatic heterocycles. The number of hydrogen-bond acceptors (Lipinski definition) is 3. The van der Waals surface area contributed by atoms with Crippen LogP contribution in [0.15, 0.2) is 0 Å². The molecule has 3 nitrogen and oxygen atoms in total.